The van der Waals surface area contributed by atoms with Gasteiger partial charge in [0.15, 0.2) is 5.78 Å². The molecule has 4 nitrogen and oxygen atoms in total. The van der Waals surface area contributed by atoms with E-state index in [0.717, 1.165) is 12.8 Å². The topological polar surface area (TPSA) is 63.6 Å². The molecule has 106 valence electrons. The highest BCUT2D eigenvalue weighted by molar-refractivity contribution is 6.02. The highest BCUT2D eigenvalue weighted by Crippen LogP contribution is 2.41. The van der Waals surface area contributed by atoms with E-state index in [2.05, 4.69) is 4.74 Å². The molecule has 0 spiro atoms. The van der Waals surface area contributed by atoms with Crippen LogP contribution in [0.5, 0.6) is 0 Å². The first-order chi connectivity index (χ1) is 8.88. The molecule has 0 saturated heterocycles. The van der Waals surface area contributed by atoms with Gasteiger partial charge in [-0.1, -0.05) is 19.8 Å². The van der Waals surface area contributed by atoms with Crippen LogP contribution >= 0.6 is 0 Å². The number of esters is 1. The molecular formula is C15H22O4. The second-order valence-electron chi connectivity index (χ2n) is 4.99. The molecule has 0 amide bonds. The Kier molecular flexibility index (Phi) is 5.06. The summed E-state index contributed by atoms with van der Waals surface area (Å²) >= 11 is 0. The Morgan fingerprint density at radius 2 is 2.11 bits per heavy atom. The van der Waals surface area contributed by atoms with Gasteiger partial charge in [-0.05, 0) is 37.5 Å². The number of rotatable bonds is 5. The number of ether oxygens (including phenoxy) is 1. The molecule has 0 heterocycles. The molecule has 0 saturated carbocycles. The van der Waals surface area contributed by atoms with Crippen LogP contribution in [0.25, 0.3) is 0 Å². The van der Waals surface area contributed by atoms with E-state index < -0.39 is 17.5 Å². The molecule has 1 aliphatic carbocycles. The van der Waals surface area contributed by atoms with E-state index in [1.54, 1.807) is 13.8 Å². The highest BCUT2D eigenvalue weighted by Gasteiger charge is 2.47. The zero-order chi connectivity index (χ0) is 14.6. The first kappa shape index (κ1) is 15.6. The third-order valence-corrected chi connectivity index (χ3v) is 3.90. The van der Waals surface area contributed by atoms with Crippen molar-refractivity contribution in [1.82, 2.24) is 0 Å². The van der Waals surface area contributed by atoms with Crippen LogP contribution in [-0.4, -0.2) is 29.6 Å². The van der Waals surface area contributed by atoms with Gasteiger partial charge >= 0.3 is 5.97 Å². The molecule has 0 aromatic rings. The first-order valence-electron chi connectivity index (χ1n) is 6.60. The van der Waals surface area contributed by atoms with Crippen LogP contribution in [0.4, 0.5) is 0 Å². The average Bonchev–Trinajstić information content (AvgIpc) is 2.57. The van der Waals surface area contributed by atoms with Crippen LogP contribution in [0, 0.1) is 5.92 Å². The van der Waals surface area contributed by atoms with Crippen molar-refractivity contribution in [3.05, 3.63) is 23.3 Å². The molecule has 0 aromatic carbocycles. The van der Waals surface area contributed by atoms with Gasteiger partial charge in [-0.25, -0.2) is 4.79 Å². The van der Waals surface area contributed by atoms with Gasteiger partial charge in [0.2, 0.25) is 0 Å². The Balaban J connectivity index is 3.06. The molecule has 4 heteroatoms. The minimum Gasteiger partial charge on any atom is -0.466 e. The summed E-state index contributed by atoms with van der Waals surface area (Å²) in [7, 11) is 1.28. The van der Waals surface area contributed by atoms with E-state index in [1.807, 2.05) is 6.92 Å². The monoisotopic (exact) mass is 266 g/mol. The Morgan fingerprint density at radius 1 is 1.47 bits per heavy atom. The summed E-state index contributed by atoms with van der Waals surface area (Å²) in [6, 6.07) is 0. The highest BCUT2D eigenvalue weighted by atomic mass is 16.5. The van der Waals surface area contributed by atoms with E-state index in [-0.39, 0.29) is 5.78 Å². The lowest BCUT2D eigenvalue weighted by molar-refractivity contribution is -0.135. The van der Waals surface area contributed by atoms with Crippen molar-refractivity contribution in [2.24, 2.45) is 5.92 Å². The van der Waals surface area contributed by atoms with Crippen LogP contribution in [0.15, 0.2) is 23.3 Å². The molecule has 0 aromatic heterocycles. The summed E-state index contributed by atoms with van der Waals surface area (Å²) < 4.78 is 4.52. The molecule has 19 heavy (non-hydrogen) atoms. The predicted octanol–water partition coefficient (Wildman–Crippen LogP) is 2.17. The zero-order valence-electron chi connectivity index (χ0n) is 12.0. The van der Waals surface area contributed by atoms with E-state index >= 15 is 0 Å². The van der Waals surface area contributed by atoms with Gasteiger partial charge in [-0.3, -0.25) is 4.79 Å². The number of Topliss-reactive ketones (excluding diaryl/α,β-unsaturated/α-hetero) is 1. The third-order valence-electron chi connectivity index (χ3n) is 3.90. The second-order valence-corrected chi connectivity index (χ2v) is 4.99. The molecule has 2 atom stereocenters. The summed E-state index contributed by atoms with van der Waals surface area (Å²) in [6.07, 6.45) is 5.02. The van der Waals surface area contributed by atoms with Crippen molar-refractivity contribution >= 4 is 11.8 Å². The summed E-state index contributed by atoms with van der Waals surface area (Å²) in [5.41, 5.74) is -0.137. The number of hydrogen-bond acceptors (Lipinski definition) is 4. The van der Waals surface area contributed by atoms with Gasteiger partial charge < -0.3 is 9.84 Å². The van der Waals surface area contributed by atoms with E-state index in [9.17, 15) is 14.7 Å². The van der Waals surface area contributed by atoms with Gasteiger partial charge in [0.25, 0.3) is 0 Å². The number of hydrogen-bond donors (Lipinski definition) is 1. The number of unbranched alkanes of at least 4 members (excludes halogenated alkanes) is 1. The molecule has 1 rings (SSSR count). The van der Waals surface area contributed by atoms with Gasteiger partial charge in [0, 0.05) is 6.08 Å². The number of carbonyl (C=O) groups excluding carboxylic acids is 2. The smallest absolute Gasteiger partial charge is 0.330 e. The fourth-order valence-corrected chi connectivity index (χ4v) is 2.47. The lowest BCUT2D eigenvalue weighted by Crippen LogP contribution is -2.36. The maximum atomic E-state index is 12.2. The fourth-order valence-electron chi connectivity index (χ4n) is 2.47. The maximum absolute atomic E-state index is 12.2. The Bertz CT molecular complexity index is 433. The second kappa shape index (κ2) is 6.15. The van der Waals surface area contributed by atoms with Gasteiger partial charge in [0.05, 0.1) is 13.0 Å². The lowest BCUT2D eigenvalue weighted by atomic mass is 9.82. The summed E-state index contributed by atoms with van der Waals surface area (Å²) in [4.78, 5) is 23.4. The zero-order valence-corrected chi connectivity index (χ0v) is 12.0. The van der Waals surface area contributed by atoms with Crippen LogP contribution in [0.1, 0.15) is 40.0 Å². The van der Waals surface area contributed by atoms with Crippen LogP contribution in [0.2, 0.25) is 0 Å². The Morgan fingerprint density at radius 3 is 2.63 bits per heavy atom. The van der Waals surface area contributed by atoms with Crippen molar-refractivity contribution < 1.29 is 19.4 Å². The summed E-state index contributed by atoms with van der Waals surface area (Å²) in [5, 5.41) is 10.8. The minimum absolute atomic E-state index is 0.0250. The lowest BCUT2D eigenvalue weighted by Gasteiger charge is -2.27. The molecule has 0 bridgehead atoms. The fraction of sp³-hybridized carbons (Fsp3) is 0.600. The maximum Gasteiger partial charge on any atom is 0.330 e. The van der Waals surface area contributed by atoms with E-state index in [1.165, 1.54) is 19.3 Å². The van der Waals surface area contributed by atoms with Crippen molar-refractivity contribution in [2.75, 3.05) is 7.11 Å². The van der Waals surface area contributed by atoms with Gasteiger partial charge in [-0.2, -0.15) is 0 Å². The first-order valence-corrected chi connectivity index (χ1v) is 6.60. The normalized spacial score (nSPS) is 27.4. The minimum atomic E-state index is -1.36. The Labute approximate surface area is 114 Å². The average molecular weight is 266 g/mol. The molecule has 0 aliphatic heterocycles. The quantitative estimate of drug-likeness (QED) is 0.612. The number of allylic oxidation sites excluding steroid dienone is 1. The van der Waals surface area contributed by atoms with Gasteiger partial charge in [0.1, 0.15) is 5.60 Å². The van der Waals surface area contributed by atoms with Crippen molar-refractivity contribution in [3.63, 3.8) is 0 Å². The number of methoxy groups -OCH3 is 1. The number of aliphatic hydroxyl groups is 1. The number of ketones is 1. The van der Waals surface area contributed by atoms with Gasteiger partial charge in [-0.15, -0.1) is 0 Å². The van der Waals surface area contributed by atoms with E-state index in [4.69, 9.17) is 0 Å². The standard InChI is InChI=1S/C15H22O4/c1-5-6-7-12-14(17)10(2)11(3)15(12,18)9-8-13(16)19-4/h8-9,12,18H,5-7H2,1-4H3/b9-8+. The summed E-state index contributed by atoms with van der Waals surface area (Å²) in [6.45, 7) is 5.50. The predicted molar refractivity (Wildman–Crippen MR) is 72.5 cm³/mol. The van der Waals surface area contributed by atoms with Crippen molar-refractivity contribution in [3.8, 4) is 0 Å². The molecule has 1 aliphatic rings. The molecule has 2 unspecified atom stereocenters. The van der Waals surface area contributed by atoms with Crippen LogP contribution < -0.4 is 0 Å². The Hall–Kier alpha value is -1.42. The summed E-state index contributed by atoms with van der Waals surface area (Å²) in [5.74, 6) is -1.05. The van der Waals surface area contributed by atoms with Crippen molar-refractivity contribution in [2.45, 2.75) is 45.6 Å². The van der Waals surface area contributed by atoms with E-state index in [0.29, 0.717) is 17.6 Å². The third kappa shape index (κ3) is 2.95. The molecule has 0 radical (unpaired) electrons. The largest absolute Gasteiger partial charge is 0.466 e. The van der Waals surface area contributed by atoms with Crippen molar-refractivity contribution in [1.29, 1.82) is 0 Å². The molecule has 1 N–H and O–H groups in total. The SMILES string of the molecule is CCCCC1C(=O)C(C)=C(C)C1(O)/C=C/C(=O)OC. The van der Waals surface area contributed by atoms with Crippen LogP contribution in [0.3, 0.4) is 0 Å². The molecular weight excluding hydrogens is 244 g/mol. The molecule has 0 fully saturated rings. The number of carbonyl (C=O) groups is 2. The van der Waals surface area contributed by atoms with Crippen LogP contribution in [-0.2, 0) is 14.3 Å².